The van der Waals surface area contributed by atoms with Gasteiger partial charge in [-0.25, -0.2) is 0 Å². The minimum Gasteiger partial charge on any atom is -0.488 e. The largest absolute Gasteiger partial charge is 0.488 e. The van der Waals surface area contributed by atoms with E-state index >= 15 is 0 Å². The minimum atomic E-state index is -1.36. The molecule has 0 saturated carbocycles. The van der Waals surface area contributed by atoms with Gasteiger partial charge in [-0.3, -0.25) is 25.1 Å². The molecule has 0 spiro atoms. The molecular formula is C41H44N6O9. The lowest BCUT2D eigenvalue weighted by Crippen LogP contribution is -2.44. The van der Waals surface area contributed by atoms with Crippen LogP contribution >= 0.6 is 0 Å². The zero-order valence-corrected chi connectivity index (χ0v) is 31.4. The van der Waals surface area contributed by atoms with Gasteiger partial charge in [0.25, 0.3) is 0 Å². The zero-order chi connectivity index (χ0) is 39.8. The second-order valence-electron chi connectivity index (χ2n) is 14.0. The summed E-state index contributed by atoms with van der Waals surface area (Å²) in [6, 6.07) is 18.2. The third-order valence-electron chi connectivity index (χ3n) is 10.2. The van der Waals surface area contributed by atoms with Crippen LogP contribution in [0, 0.1) is 34.3 Å². The van der Waals surface area contributed by atoms with Gasteiger partial charge in [0, 0.05) is 43.2 Å². The van der Waals surface area contributed by atoms with E-state index in [2.05, 4.69) is 21.4 Å². The van der Waals surface area contributed by atoms with Crippen LogP contribution in [-0.2, 0) is 34.6 Å². The Kier molecular flexibility index (Phi) is 12.6. The summed E-state index contributed by atoms with van der Waals surface area (Å²) in [5, 5.41) is 48.9. The van der Waals surface area contributed by atoms with E-state index < -0.39 is 28.5 Å². The number of carboxylic acids is 1. The van der Waals surface area contributed by atoms with Crippen molar-refractivity contribution in [2.24, 2.45) is 5.92 Å². The van der Waals surface area contributed by atoms with Crippen LogP contribution in [0.25, 0.3) is 5.57 Å². The highest BCUT2D eigenvalue weighted by molar-refractivity contribution is 5.75. The molecule has 3 N–H and O–H groups in total. The number of nitro benzene ring substituents is 1. The first-order chi connectivity index (χ1) is 27.0. The number of morpholine rings is 1. The van der Waals surface area contributed by atoms with Crippen molar-refractivity contribution >= 4 is 17.2 Å². The fraction of sp³-hybridized carbons (Fsp3) is 0.366. The first-order valence-corrected chi connectivity index (χ1v) is 18.3. The van der Waals surface area contributed by atoms with Gasteiger partial charge in [-0.2, -0.15) is 10.2 Å². The van der Waals surface area contributed by atoms with Crippen LogP contribution in [0.4, 0.5) is 5.69 Å². The first kappa shape index (κ1) is 39.8. The van der Waals surface area contributed by atoms with Gasteiger partial charge in [-0.1, -0.05) is 66.7 Å². The number of ether oxygens (including phenoxy) is 3. The third kappa shape index (κ3) is 8.96. The second kappa shape index (κ2) is 17.7. The number of carboxylic acid groups (broad SMARTS) is 1. The van der Waals surface area contributed by atoms with Crippen LogP contribution in [-0.4, -0.2) is 81.2 Å². The Hall–Kier alpha value is -5.92. The molecule has 3 aromatic carbocycles. The van der Waals surface area contributed by atoms with Crippen LogP contribution in [0.2, 0.25) is 0 Å². The quantitative estimate of drug-likeness (QED) is 0.100. The molecule has 2 aliphatic rings. The number of nitrogens with zero attached hydrogens (tertiary/aromatic N) is 5. The van der Waals surface area contributed by atoms with Gasteiger partial charge in [0.2, 0.25) is 11.6 Å². The van der Waals surface area contributed by atoms with Crippen molar-refractivity contribution in [2.45, 2.75) is 58.0 Å². The average molecular weight is 765 g/mol. The number of benzene rings is 3. The molecular weight excluding hydrogens is 720 g/mol. The SMILES string of the molecule is Cc1ccccc1C1=CC=CC(COc2cc(OCc3cccc(C#N)c3)c(CNC(C(=O)O)C(C)O)cc2[N+](=O)[O-])(c2nc(CN3CCOCC3)no2)C1C. The Bertz CT molecular complexity index is 2150. The standard InChI is InChI=1S/C41H44N6O9/c1-26-8-4-5-11-32(26)33-12-7-13-41(27(33)2,40-44-37(45-56-40)23-46-14-16-53-17-15-46)25-55-36-20-35(54-24-30-10-6-9-29(18-30)21-42)31(19-34(36)47(51)52)22-43-38(28(3)48)39(49)50/h4-13,18-20,27-28,38,43,48H,14-17,22-25H2,1-3H3,(H,49,50). The number of hydrogen-bond donors (Lipinski definition) is 3. The van der Waals surface area contributed by atoms with Crippen molar-refractivity contribution in [3.05, 3.63) is 129 Å². The summed E-state index contributed by atoms with van der Waals surface area (Å²) < 4.78 is 24.2. The Morgan fingerprint density at radius 3 is 2.66 bits per heavy atom. The minimum absolute atomic E-state index is 0.0132. The number of aryl methyl sites for hydroxylation is 1. The Balaban J connectivity index is 1.37. The lowest BCUT2D eigenvalue weighted by Gasteiger charge is -2.37. The summed E-state index contributed by atoms with van der Waals surface area (Å²) in [6.07, 6.45) is 4.61. The van der Waals surface area contributed by atoms with E-state index in [1.165, 1.54) is 19.1 Å². The molecule has 2 heterocycles. The lowest BCUT2D eigenvalue weighted by atomic mass is 9.68. The summed E-state index contributed by atoms with van der Waals surface area (Å²) in [5.41, 5.74) is 2.97. The predicted octanol–water partition coefficient (Wildman–Crippen LogP) is 5.10. The number of carbonyl (C=O) groups is 1. The number of rotatable bonds is 16. The average Bonchev–Trinajstić information content (AvgIpc) is 3.66. The molecule has 0 amide bonds. The highest BCUT2D eigenvalue weighted by Crippen LogP contribution is 2.46. The maximum Gasteiger partial charge on any atom is 0.323 e. The molecule has 1 saturated heterocycles. The summed E-state index contributed by atoms with van der Waals surface area (Å²) in [4.78, 5) is 31.0. The Morgan fingerprint density at radius 2 is 1.95 bits per heavy atom. The molecule has 15 nitrogen and oxygen atoms in total. The number of nitriles is 1. The number of nitrogens with one attached hydrogen (secondary N) is 1. The molecule has 1 fully saturated rings. The van der Waals surface area contributed by atoms with Crippen molar-refractivity contribution < 1.29 is 38.7 Å². The Labute approximate surface area is 324 Å². The normalized spacial score (nSPS) is 19.4. The topological polar surface area (TPSA) is 206 Å². The van der Waals surface area contributed by atoms with Crippen molar-refractivity contribution in [2.75, 3.05) is 32.9 Å². The molecule has 1 aliphatic carbocycles. The van der Waals surface area contributed by atoms with Crippen LogP contribution in [0.3, 0.4) is 0 Å². The van der Waals surface area contributed by atoms with E-state index in [0.29, 0.717) is 42.6 Å². The van der Waals surface area contributed by atoms with Crippen molar-refractivity contribution in [3.8, 4) is 17.6 Å². The van der Waals surface area contributed by atoms with Gasteiger partial charge in [0.15, 0.2) is 5.82 Å². The van der Waals surface area contributed by atoms with Crippen molar-refractivity contribution in [1.29, 1.82) is 5.26 Å². The smallest absolute Gasteiger partial charge is 0.323 e. The number of aliphatic hydroxyl groups excluding tert-OH is 1. The van der Waals surface area contributed by atoms with Gasteiger partial charge in [-0.15, -0.1) is 0 Å². The van der Waals surface area contributed by atoms with Crippen LogP contribution in [0.5, 0.6) is 11.5 Å². The van der Waals surface area contributed by atoms with Gasteiger partial charge < -0.3 is 28.9 Å². The Morgan fingerprint density at radius 1 is 1.16 bits per heavy atom. The van der Waals surface area contributed by atoms with Crippen LogP contribution in [0.15, 0.2) is 83.4 Å². The molecule has 4 aromatic rings. The number of hydrogen-bond acceptors (Lipinski definition) is 13. The number of allylic oxidation sites excluding steroid dienone is 3. The van der Waals surface area contributed by atoms with E-state index in [1.54, 1.807) is 24.3 Å². The fourth-order valence-corrected chi connectivity index (χ4v) is 6.96. The van der Waals surface area contributed by atoms with Gasteiger partial charge in [-0.05, 0) is 48.2 Å². The summed E-state index contributed by atoms with van der Waals surface area (Å²) in [7, 11) is 0. The number of aromatic nitrogens is 2. The fourth-order valence-electron chi connectivity index (χ4n) is 6.96. The number of aliphatic hydroxyl groups is 1. The van der Waals surface area contributed by atoms with Gasteiger partial charge >= 0.3 is 11.7 Å². The molecule has 4 atom stereocenters. The van der Waals surface area contributed by atoms with E-state index in [0.717, 1.165) is 29.8 Å². The molecule has 0 radical (unpaired) electrons. The van der Waals surface area contributed by atoms with Crippen molar-refractivity contribution in [1.82, 2.24) is 20.4 Å². The first-order valence-electron chi connectivity index (χ1n) is 18.3. The summed E-state index contributed by atoms with van der Waals surface area (Å²) in [6.45, 7) is 8.18. The highest BCUT2D eigenvalue weighted by Gasteiger charge is 2.46. The molecule has 56 heavy (non-hydrogen) atoms. The maximum atomic E-state index is 12.6. The zero-order valence-electron chi connectivity index (χ0n) is 31.4. The molecule has 1 aromatic heterocycles. The van der Waals surface area contributed by atoms with Gasteiger partial charge in [0.05, 0.1) is 42.4 Å². The van der Waals surface area contributed by atoms with E-state index in [4.69, 9.17) is 23.7 Å². The molecule has 292 valence electrons. The molecule has 0 bridgehead atoms. The molecule has 6 rings (SSSR count). The number of aliphatic carboxylic acids is 1. The monoisotopic (exact) mass is 764 g/mol. The lowest BCUT2D eigenvalue weighted by molar-refractivity contribution is -0.386. The van der Waals surface area contributed by atoms with Crippen LogP contribution < -0.4 is 14.8 Å². The summed E-state index contributed by atoms with van der Waals surface area (Å²) >= 11 is 0. The van der Waals surface area contributed by atoms with Crippen LogP contribution in [0.1, 0.15) is 53.4 Å². The molecule has 4 unspecified atom stereocenters. The number of nitro groups is 1. The highest BCUT2D eigenvalue weighted by atomic mass is 16.6. The molecule has 15 heteroatoms. The van der Waals surface area contributed by atoms with E-state index in [1.807, 2.05) is 56.3 Å². The summed E-state index contributed by atoms with van der Waals surface area (Å²) in [5.74, 6) is -0.751. The van der Waals surface area contributed by atoms with E-state index in [9.17, 15) is 30.4 Å². The van der Waals surface area contributed by atoms with Gasteiger partial charge in [0.1, 0.15) is 30.4 Å². The molecule has 1 aliphatic heterocycles. The van der Waals surface area contributed by atoms with E-state index in [-0.39, 0.29) is 48.4 Å². The van der Waals surface area contributed by atoms with Crippen molar-refractivity contribution in [3.63, 3.8) is 0 Å². The maximum absolute atomic E-state index is 12.6. The second-order valence-corrected chi connectivity index (χ2v) is 14.0. The predicted molar refractivity (Wildman–Crippen MR) is 204 cm³/mol. The third-order valence-corrected chi connectivity index (χ3v) is 10.2.